The molecule has 0 amide bonds. The summed E-state index contributed by atoms with van der Waals surface area (Å²) in [5.74, 6) is -1.30. The van der Waals surface area contributed by atoms with Crippen molar-refractivity contribution in [2.24, 2.45) is 0 Å². The zero-order valence-electron chi connectivity index (χ0n) is 8.48. The van der Waals surface area contributed by atoms with Gasteiger partial charge < -0.3 is 15.2 Å². The van der Waals surface area contributed by atoms with Crippen molar-refractivity contribution in [3.8, 4) is 5.75 Å². The van der Waals surface area contributed by atoms with Crippen molar-refractivity contribution in [1.82, 2.24) is 5.32 Å². The molecule has 1 aromatic carbocycles. The van der Waals surface area contributed by atoms with Crippen LogP contribution in [0.5, 0.6) is 5.75 Å². The lowest BCUT2D eigenvalue weighted by Gasteiger charge is -2.15. The molecule has 0 fully saturated rings. The number of alkyl halides is 2. The number of halogens is 2. The molecule has 1 aromatic rings. The van der Waals surface area contributed by atoms with Crippen molar-refractivity contribution >= 4 is 5.97 Å². The highest BCUT2D eigenvalue weighted by atomic mass is 19.3. The van der Waals surface area contributed by atoms with Crippen LogP contribution >= 0.6 is 0 Å². The molecule has 0 saturated carbocycles. The normalized spacial score (nSPS) is 12.5. The van der Waals surface area contributed by atoms with Crippen molar-refractivity contribution in [3.63, 3.8) is 0 Å². The molecule has 6 heteroatoms. The van der Waals surface area contributed by atoms with E-state index in [9.17, 15) is 13.6 Å². The summed E-state index contributed by atoms with van der Waals surface area (Å²) in [5, 5.41) is 11.4. The average Bonchev–Trinajstić information content (AvgIpc) is 2.20. The Balaban J connectivity index is 3.05. The average molecular weight is 231 g/mol. The smallest absolute Gasteiger partial charge is 0.387 e. The van der Waals surface area contributed by atoms with Gasteiger partial charge in [-0.2, -0.15) is 8.78 Å². The SMILES string of the molecule is CNC(C(=O)O)c1ccccc1OC(F)F. The predicted octanol–water partition coefficient (Wildman–Crippen LogP) is 1.63. The molecular weight excluding hydrogens is 220 g/mol. The lowest BCUT2D eigenvalue weighted by atomic mass is 10.1. The lowest BCUT2D eigenvalue weighted by molar-refractivity contribution is -0.139. The summed E-state index contributed by atoms with van der Waals surface area (Å²) in [5.41, 5.74) is 0.165. The highest BCUT2D eigenvalue weighted by Gasteiger charge is 2.22. The van der Waals surface area contributed by atoms with E-state index >= 15 is 0 Å². The topological polar surface area (TPSA) is 58.6 Å². The van der Waals surface area contributed by atoms with Gasteiger partial charge in [0.05, 0.1) is 0 Å². The third-order valence-corrected chi connectivity index (χ3v) is 1.98. The minimum atomic E-state index is -2.98. The van der Waals surface area contributed by atoms with E-state index in [1.54, 1.807) is 6.07 Å². The number of benzene rings is 1. The molecule has 0 saturated heterocycles. The van der Waals surface area contributed by atoms with Gasteiger partial charge in [-0.1, -0.05) is 18.2 Å². The summed E-state index contributed by atoms with van der Waals surface area (Å²) in [4.78, 5) is 10.9. The number of likely N-dealkylation sites (N-methyl/N-ethyl adjacent to an activating group) is 1. The van der Waals surface area contributed by atoms with E-state index in [2.05, 4.69) is 10.1 Å². The van der Waals surface area contributed by atoms with Crippen molar-refractivity contribution < 1.29 is 23.4 Å². The first-order valence-electron chi connectivity index (χ1n) is 4.50. The largest absolute Gasteiger partial charge is 0.480 e. The quantitative estimate of drug-likeness (QED) is 0.808. The molecule has 4 nitrogen and oxygen atoms in total. The van der Waals surface area contributed by atoms with Gasteiger partial charge in [0.15, 0.2) is 0 Å². The highest BCUT2D eigenvalue weighted by molar-refractivity contribution is 5.76. The van der Waals surface area contributed by atoms with Crippen LogP contribution in [0.25, 0.3) is 0 Å². The number of nitrogens with one attached hydrogen (secondary N) is 1. The maximum Gasteiger partial charge on any atom is 0.387 e. The number of ether oxygens (including phenoxy) is 1. The van der Waals surface area contributed by atoms with E-state index in [4.69, 9.17) is 5.11 Å². The van der Waals surface area contributed by atoms with Crippen molar-refractivity contribution in [3.05, 3.63) is 29.8 Å². The molecule has 16 heavy (non-hydrogen) atoms. The third kappa shape index (κ3) is 2.90. The zero-order valence-corrected chi connectivity index (χ0v) is 8.48. The van der Waals surface area contributed by atoms with Crippen LogP contribution in [0.1, 0.15) is 11.6 Å². The summed E-state index contributed by atoms with van der Waals surface area (Å²) in [7, 11) is 1.43. The van der Waals surface area contributed by atoms with Crippen LogP contribution in [-0.4, -0.2) is 24.7 Å². The Morgan fingerprint density at radius 2 is 2.06 bits per heavy atom. The lowest BCUT2D eigenvalue weighted by Crippen LogP contribution is -2.25. The molecule has 2 N–H and O–H groups in total. The van der Waals surface area contributed by atoms with Crippen LogP contribution in [0.3, 0.4) is 0 Å². The summed E-state index contributed by atoms with van der Waals surface area (Å²) < 4.78 is 28.4. The number of para-hydroxylation sites is 1. The summed E-state index contributed by atoms with van der Waals surface area (Å²) in [6.45, 7) is -2.98. The summed E-state index contributed by atoms with van der Waals surface area (Å²) >= 11 is 0. The van der Waals surface area contributed by atoms with Gasteiger partial charge >= 0.3 is 12.6 Å². The number of hydrogen-bond donors (Lipinski definition) is 2. The Bertz CT molecular complexity index is 371. The highest BCUT2D eigenvalue weighted by Crippen LogP contribution is 2.26. The molecule has 88 valence electrons. The first-order valence-corrected chi connectivity index (χ1v) is 4.50. The Morgan fingerprint density at radius 3 is 2.56 bits per heavy atom. The molecule has 1 atom stereocenters. The van der Waals surface area contributed by atoms with Gasteiger partial charge in [-0.25, -0.2) is 0 Å². The van der Waals surface area contributed by atoms with E-state index in [1.165, 1.54) is 25.2 Å². The second-order valence-corrected chi connectivity index (χ2v) is 2.98. The molecule has 0 radical (unpaired) electrons. The number of rotatable bonds is 5. The Kier molecular flexibility index (Phi) is 4.19. The molecule has 0 aliphatic rings. The van der Waals surface area contributed by atoms with Gasteiger partial charge in [0, 0.05) is 5.56 Å². The third-order valence-electron chi connectivity index (χ3n) is 1.98. The molecule has 1 unspecified atom stereocenters. The van der Waals surface area contributed by atoms with E-state index in [0.29, 0.717) is 0 Å². The Labute approximate surface area is 90.8 Å². The fraction of sp³-hybridized carbons (Fsp3) is 0.300. The van der Waals surface area contributed by atoms with Crippen LogP contribution in [0.2, 0.25) is 0 Å². The standard InChI is InChI=1S/C10H11F2NO3/c1-13-8(9(14)15)6-4-2-3-5-7(6)16-10(11)12/h2-5,8,10,13H,1H3,(H,14,15). The molecule has 0 heterocycles. The molecule has 0 bridgehead atoms. The first kappa shape index (κ1) is 12.4. The summed E-state index contributed by atoms with van der Waals surface area (Å²) in [6.07, 6.45) is 0. The van der Waals surface area contributed by atoms with Gasteiger partial charge in [-0.05, 0) is 13.1 Å². The van der Waals surface area contributed by atoms with E-state index in [0.717, 1.165) is 0 Å². The number of hydrogen-bond acceptors (Lipinski definition) is 3. The molecule has 1 rings (SSSR count). The van der Waals surface area contributed by atoms with Gasteiger partial charge in [-0.3, -0.25) is 4.79 Å². The molecule has 0 aromatic heterocycles. The van der Waals surface area contributed by atoms with Crippen LogP contribution in [0.15, 0.2) is 24.3 Å². The molecule has 0 spiro atoms. The minimum absolute atomic E-state index is 0.140. The van der Waals surface area contributed by atoms with Crippen molar-refractivity contribution in [2.45, 2.75) is 12.7 Å². The first-order chi connectivity index (χ1) is 7.56. The Hall–Kier alpha value is -1.69. The van der Waals surface area contributed by atoms with Crippen LogP contribution in [0.4, 0.5) is 8.78 Å². The Morgan fingerprint density at radius 1 is 1.44 bits per heavy atom. The predicted molar refractivity (Wildman–Crippen MR) is 52.5 cm³/mol. The van der Waals surface area contributed by atoms with Gasteiger partial charge in [0.25, 0.3) is 0 Å². The van der Waals surface area contributed by atoms with E-state index in [1.807, 2.05) is 0 Å². The minimum Gasteiger partial charge on any atom is -0.480 e. The van der Waals surface area contributed by atoms with Gasteiger partial charge in [0.2, 0.25) is 0 Å². The zero-order chi connectivity index (χ0) is 12.1. The molecular formula is C10H11F2NO3. The number of carbonyl (C=O) groups is 1. The van der Waals surface area contributed by atoms with Crippen LogP contribution in [-0.2, 0) is 4.79 Å². The second-order valence-electron chi connectivity index (χ2n) is 2.98. The van der Waals surface area contributed by atoms with E-state index < -0.39 is 18.6 Å². The number of carboxylic acid groups (broad SMARTS) is 1. The van der Waals surface area contributed by atoms with Crippen LogP contribution in [0, 0.1) is 0 Å². The monoisotopic (exact) mass is 231 g/mol. The molecule has 0 aliphatic heterocycles. The second kappa shape index (κ2) is 5.41. The van der Waals surface area contributed by atoms with Gasteiger partial charge in [-0.15, -0.1) is 0 Å². The number of carboxylic acids is 1. The van der Waals surface area contributed by atoms with Gasteiger partial charge in [0.1, 0.15) is 11.8 Å². The van der Waals surface area contributed by atoms with Crippen molar-refractivity contribution in [2.75, 3.05) is 7.05 Å². The van der Waals surface area contributed by atoms with Crippen LogP contribution < -0.4 is 10.1 Å². The maximum atomic E-state index is 12.1. The fourth-order valence-electron chi connectivity index (χ4n) is 1.33. The number of aliphatic carboxylic acids is 1. The van der Waals surface area contributed by atoms with Crippen molar-refractivity contribution in [1.29, 1.82) is 0 Å². The fourth-order valence-corrected chi connectivity index (χ4v) is 1.33. The molecule has 0 aliphatic carbocycles. The maximum absolute atomic E-state index is 12.1. The summed E-state index contributed by atoms with van der Waals surface area (Å²) in [6, 6.07) is 4.70. The van der Waals surface area contributed by atoms with E-state index in [-0.39, 0.29) is 11.3 Å².